The minimum absolute atomic E-state index is 0.0151. The third kappa shape index (κ3) is 2.79. The van der Waals surface area contributed by atoms with Gasteiger partial charge in [0.1, 0.15) is 29.3 Å². The van der Waals surface area contributed by atoms with E-state index in [9.17, 15) is 9.50 Å². The number of rotatable bonds is 4. The number of nitrogens with one attached hydrogen (secondary N) is 1. The number of fused-ring (bicyclic) bond motifs is 2. The molecule has 2 heterocycles. The maximum Gasteiger partial charge on any atom is 0.231 e. The number of nitrogens with zero attached hydrogens (tertiary/aromatic N) is 2. The zero-order valence-electron chi connectivity index (χ0n) is 14.1. The van der Waals surface area contributed by atoms with Gasteiger partial charge in [0.05, 0.1) is 17.0 Å². The number of hydrogen-bond acceptors (Lipinski definition) is 7. The number of halogens is 1. The lowest BCUT2D eigenvalue weighted by Crippen LogP contribution is -2.07. The van der Waals surface area contributed by atoms with Crippen LogP contribution in [0.1, 0.15) is 13.8 Å². The minimum atomic E-state index is -0.508. The van der Waals surface area contributed by atoms with Gasteiger partial charge in [0.25, 0.3) is 0 Å². The molecule has 8 heteroatoms. The van der Waals surface area contributed by atoms with Crippen LogP contribution in [-0.2, 0) is 0 Å². The third-order valence-corrected chi connectivity index (χ3v) is 3.78. The van der Waals surface area contributed by atoms with Crippen molar-refractivity contribution in [2.24, 2.45) is 0 Å². The van der Waals surface area contributed by atoms with Crippen LogP contribution in [0.15, 0.2) is 30.6 Å². The maximum atomic E-state index is 14.4. The van der Waals surface area contributed by atoms with Crippen LogP contribution >= 0.6 is 0 Å². The number of anilines is 2. The van der Waals surface area contributed by atoms with E-state index in [4.69, 9.17) is 14.2 Å². The van der Waals surface area contributed by atoms with E-state index in [1.807, 2.05) is 13.8 Å². The molecule has 1 aromatic heterocycles. The molecule has 2 aromatic carbocycles. The fourth-order valence-electron chi connectivity index (χ4n) is 2.76. The van der Waals surface area contributed by atoms with Crippen LogP contribution in [0.2, 0.25) is 0 Å². The van der Waals surface area contributed by atoms with Gasteiger partial charge in [-0.05, 0) is 26.0 Å². The fourth-order valence-corrected chi connectivity index (χ4v) is 2.76. The molecule has 0 aliphatic carbocycles. The van der Waals surface area contributed by atoms with E-state index in [-0.39, 0.29) is 30.1 Å². The van der Waals surface area contributed by atoms with Crippen LogP contribution in [0.4, 0.5) is 15.9 Å². The normalized spacial score (nSPS) is 12.6. The largest absolute Gasteiger partial charge is 0.508 e. The first-order valence-electron chi connectivity index (χ1n) is 8.02. The number of phenols is 1. The van der Waals surface area contributed by atoms with Crippen molar-refractivity contribution in [3.8, 4) is 23.0 Å². The van der Waals surface area contributed by atoms with Gasteiger partial charge in [-0.2, -0.15) is 0 Å². The summed E-state index contributed by atoms with van der Waals surface area (Å²) in [6.07, 6.45) is 1.18. The van der Waals surface area contributed by atoms with Crippen molar-refractivity contribution in [1.82, 2.24) is 9.97 Å². The van der Waals surface area contributed by atoms with E-state index in [1.54, 1.807) is 0 Å². The molecule has 0 fully saturated rings. The molecule has 0 amide bonds. The average molecular weight is 357 g/mol. The molecule has 26 heavy (non-hydrogen) atoms. The van der Waals surface area contributed by atoms with E-state index in [0.717, 1.165) is 0 Å². The molecule has 0 atom stereocenters. The van der Waals surface area contributed by atoms with Gasteiger partial charge in [-0.1, -0.05) is 0 Å². The lowest BCUT2D eigenvalue weighted by atomic mass is 10.2. The predicted octanol–water partition coefficient (Wildman–Crippen LogP) is 3.73. The SMILES string of the molecule is CC(C)Oc1cc(O)cc2ncnc(Nc3c(F)ccc4c3OCO4)c12. The summed E-state index contributed by atoms with van der Waals surface area (Å²) in [6.45, 7) is 3.75. The molecule has 0 saturated heterocycles. The monoisotopic (exact) mass is 357 g/mol. The van der Waals surface area contributed by atoms with Gasteiger partial charge < -0.3 is 24.6 Å². The molecular formula is C18H16FN3O4. The Hall–Kier alpha value is -3.29. The molecule has 3 aromatic rings. The molecule has 0 saturated carbocycles. The van der Waals surface area contributed by atoms with Crippen molar-refractivity contribution in [3.05, 3.63) is 36.4 Å². The summed E-state index contributed by atoms with van der Waals surface area (Å²) in [5, 5.41) is 13.4. The molecule has 1 aliphatic heterocycles. The Morgan fingerprint density at radius 2 is 2.08 bits per heavy atom. The average Bonchev–Trinajstić information content (AvgIpc) is 3.05. The number of aromatic hydroxyl groups is 1. The Kier molecular flexibility index (Phi) is 3.87. The van der Waals surface area contributed by atoms with Gasteiger partial charge >= 0.3 is 0 Å². The molecular weight excluding hydrogens is 341 g/mol. The molecule has 134 valence electrons. The van der Waals surface area contributed by atoms with Crippen LogP contribution in [0.25, 0.3) is 10.9 Å². The molecule has 2 N–H and O–H groups in total. The van der Waals surface area contributed by atoms with Gasteiger partial charge in [-0.3, -0.25) is 0 Å². The van der Waals surface area contributed by atoms with Crippen LogP contribution in [0.5, 0.6) is 23.0 Å². The number of phenolic OH excluding ortho intramolecular Hbond substituents is 1. The third-order valence-electron chi connectivity index (χ3n) is 3.78. The van der Waals surface area contributed by atoms with Crippen LogP contribution in [0, 0.1) is 5.82 Å². The van der Waals surface area contributed by atoms with Crippen LogP contribution in [0.3, 0.4) is 0 Å². The van der Waals surface area contributed by atoms with Gasteiger partial charge in [0, 0.05) is 12.1 Å². The Balaban J connectivity index is 1.87. The second-order valence-electron chi connectivity index (χ2n) is 6.01. The first-order chi connectivity index (χ1) is 12.5. The van der Waals surface area contributed by atoms with E-state index in [1.165, 1.54) is 30.6 Å². The predicted molar refractivity (Wildman–Crippen MR) is 92.8 cm³/mol. The number of aromatic nitrogens is 2. The molecule has 0 radical (unpaired) electrons. The summed E-state index contributed by atoms with van der Waals surface area (Å²) in [5.74, 6) is 0.953. The highest BCUT2D eigenvalue weighted by molar-refractivity contribution is 5.97. The van der Waals surface area contributed by atoms with Crippen molar-refractivity contribution >= 4 is 22.4 Å². The van der Waals surface area contributed by atoms with Gasteiger partial charge in [-0.25, -0.2) is 14.4 Å². The van der Waals surface area contributed by atoms with Gasteiger partial charge in [-0.15, -0.1) is 0 Å². The van der Waals surface area contributed by atoms with Gasteiger partial charge in [0.15, 0.2) is 17.3 Å². The first kappa shape index (κ1) is 16.2. The highest BCUT2D eigenvalue weighted by Gasteiger charge is 2.23. The van der Waals surface area contributed by atoms with Crippen LogP contribution in [-0.4, -0.2) is 28.0 Å². The zero-order chi connectivity index (χ0) is 18.3. The number of benzene rings is 2. The fraction of sp³-hybridized carbons (Fsp3) is 0.222. The van der Waals surface area contributed by atoms with Crippen molar-refractivity contribution < 1.29 is 23.7 Å². The topological polar surface area (TPSA) is 85.7 Å². The van der Waals surface area contributed by atoms with Crippen molar-refractivity contribution in [1.29, 1.82) is 0 Å². The maximum absolute atomic E-state index is 14.4. The van der Waals surface area contributed by atoms with Crippen molar-refractivity contribution in [2.45, 2.75) is 20.0 Å². The summed E-state index contributed by atoms with van der Waals surface area (Å²) in [4.78, 5) is 8.39. The van der Waals surface area contributed by atoms with Crippen molar-refractivity contribution in [3.63, 3.8) is 0 Å². The highest BCUT2D eigenvalue weighted by atomic mass is 19.1. The highest BCUT2D eigenvalue weighted by Crippen LogP contribution is 2.43. The first-order valence-corrected chi connectivity index (χ1v) is 8.02. The second-order valence-corrected chi connectivity index (χ2v) is 6.01. The molecule has 0 unspecified atom stereocenters. The summed E-state index contributed by atoms with van der Waals surface area (Å²) < 4.78 is 30.8. The van der Waals surface area contributed by atoms with Gasteiger partial charge in [0.2, 0.25) is 6.79 Å². The summed E-state index contributed by atoms with van der Waals surface area (Å²) >= 11 is 0. The van der Waals surface area contributed by atoms with E-state index in [2.05, 4.69) is 15.3 Å². The summed E-state index contributed by atoms with van der Waals surface area (Å²) in [6, 6.07) is 5.76. The molecule has 7 nitrogen and oxygen atoms in total. The minimum Gasteiger partial charge on any atom is -0.508 e. The quantitative estimate of drug-likeness (QED) is 0.736. The summed E-state index contributed by atoms with van der Waals surface area (Å²) in [7, 11) is 0. The lowest BCUT2D eigenvalue weighted by Gasteiger charge is -2.16. The lowest BCUT2D eigenvalue weighted by molar-refractivity contribution is 0.174. The standard InChI is InChI=1S/C18H16FN3O4/c1-9(2)26-14-6-10(23)5-12-15(14)18(21-7-20-12)22-16-11(19)3-4-13-17(16)25-8-24-13/h3-7,9,23H,8H2,1-2H3,(H,20,21,22). The Morgan fingerprint density at radius 1 is 1.23 bits per heavy atom. The molecule has 4 rings (SSSR count). The molecule has 1 aliphatic rings. The summed E-state index contributed by atoms with van der Waals surface area (Å²) in [5.41, 5.74) is 0.576. The van der Waals surface area contributed by atoms with Crippen molar-refractivity contribution in [2.75, 3.05) is 12.1 Å². The zero-order valence-corrected chi connectivity index (χ0v) is 14.1. The smallest absolute Gasteiger partial charge is 0.231 e. The number of ether oxygens (including phenoxy) is 3. The Labute approximate surface area is 148 Å². The molecule has 0 bridgehead atoms. The van der Waals surface area contributed by atoms with E-state index < -0.39 is 5.82 Å². The van der Waals surface area contributed by atoms with Crippen LogP contribution < -0.4 is 19.5 Å². The van der Waals surface area contributed by atoms with E-state index >= 15 is 0 Å². The second kappa shape index (κ2) is 6.21. The van der Waals surface area contributed by atoms with E-state index in [0.29, 0.717) is 28.2 Å². The Morgan fingerprint density at radius 3 is 2.88 bits per heavy atom. The Bertz CT molecular complexity index is 994. The molecule has 0 spiro atoms. The number of hydrogen-bond donors (Lipinski definition) is 2.